The lowest BCUT2D eigenvalue weighted by molar-refractivity contribution is -0.383. The van der Waals surface area contributed by atoms with Gasteiger partial charge < -0.3 is 29.9 Å². The number of nitrogens with zero attached hydrogens (tertiary/aromatic N) is 9. The van der Waals surface area contributed by atoms with Crippen LogP contribution in [0.3, 0.4) is 0 Å². The molecule has 2 fully saturated rings. The highest BCUT2D eigenvalue weighted by Gasteiger charge is 2.29. The molecule has 16 nitrogen and oxygen atoms in total. The Labute approximate surface area is 462 Å². The first-order valence-electron chi connectivity index (χ1n) is 27.1. The number of nitro benzene ring substituents is 1. The second kappa shape index (κ2) is 24.0. The number of aliphatic imine (C=N–C) groups is 3. The van der Waals surface area contributed by atoms with Gasteiger partial charge in [-0.05, 0) is 180 Å². The Morgan fingerprint density at radius 2 is 1.08 bits per heavy atom. The van der Waals surface area contributed by atoms with Gasteiger partial charge in [0.1, 0.15) is 23.1 Å². The van der Waals surface area contributed by atoms with Gasteiger partial charge in [0.25, 0.3) is 11.5 Å². The predicted octanol–water partition coefficient (Wildman–Crippen LogP) is 12.8. The van der Waals surface area contributed by atoms with E-state index < -0.39 is 16.1 Å². The zero-order valence-corrected chi connectivity index (χ0v) is 45.9. The number of rotatable bonds is 10. The number of benzene rings is 4. The van der Waals surface area contributed by atoms with E-state index in [0.29, 0.717) is 36.9 Å². The van der Waals surface area contributed by atoms with Crippen molar-refractivity contribution in [3.63, 3.8) is 0 Å². The van der Waals surface area contributed by atoms with E-state index in [4.69, 9.17) is 36.8 Å². The molecular formula is C63H68N10O6. The van der Waals surface area contributed by atoms with Gasteiger partial charge >= 0.3 is 11.9 Å². The first kappa shape index (κ1) is 55.2. The topological polar surface area (TPSA) is 195 Å². The normalized spacial score (nSPS) is 15.8. The molecule has 406 valence electrons. The van der Waals surface area contributed by atoms with Gasteiger partial charge in [-0.25, -0.2) is 0 Å². The molecule has 2 saturated heterocycles. The fraction of sp³-hybridized carbons (Fsp3) is 0.365. The molecule has 0 bridgehead atoms. The van der Waals surface area contributed by atoms with Crippen LogP contribution in [0.2, 0.25) is 0 Å². The van der Waals surface area contributed by atoms with Gasteiger partial charge in [0.2, 0.25) is 0 Å². The van der Waals surface area contributed by atoms with Crippen molar-refractivity contribution in [2.24, 2.45) is 26.8 Å². The van der Waals surface area contributed by atoms with Crippen LogP contribution in [0, 0.1) is 28.5 Å². The lowest BCUT2D eigenvalue weighted by atomic mass is 9.93. The fourth-order valence-electron chi connectivity index (χ4n) is 10.5. The first-order chi connectivity index (χ1) is 37.8. The fourth-order valence-corrected chi connectivity index (χ4v) is 10.5. The standard InChI is InChI=1S/C32H34N4O2.C25H30N4O4.C6H4N2/c1-32(2,3)38-31(37)16-21-11-14-36(15-12-21)25-8-10-27-24(18-25)19-29(34-27)22-7-9-26-23(17-22)20-30(35-26)28-6-4-5-13-33-28;1-25(2,3)33-24(30)12-16-8-10-28(11-9-16)19-5-7-21-18(13-19)14-22(27-21)17-4-6-20(26)23(15-17)29(31)32;1-7-6-4-2-3-5-8-6/h4-10,13,17-18,21H,11-12,14-16,19-20H2,1-3H3;4-7,13,15-16H,8-12,14,26H2,1-3H3;2-5H. The monoisotopic (exact) mass is 1060 g/mol. The number of carbonyl (C=O) groups excluding carboxylic acids is 2. The van der Waals surface area contributed by atoms with E-state index in [0.717, 1.165) is 121 Å². The van der Waals surface area contributed by atoms with Crippen LogP contribution < -0.4 is 15.5 Å². The number of nitrogens with two attached hydrogens (primary N) is 1. The second-order valence-electron chi connectivity index (χ2n) is 22.7. The Kier molecular flexibility index (Phi) is 16.7. The van der Waals surface area contributed by atoms with Crippen LogP contribution in [0.1, 0.15) is 114 Å². The number of fused-ring (bicyclic) bond motifs is 3. The summed E-state index contributed by atoms with van der Waals surface area (Å²) in [5.41, 5.74) is 19.7. The molecule has 0 amide bonds. The first-order valence-corrected chi connectivity index (χ1v) is 27.1. The van der Waals surface area contributed by atoms with Gasteiger partial charge in [-0.3, -0.25) is 39.7 Å². The van der Waals surface area contributed by atoms with Crippen molar-refractivity contribution in [2.75, 3.05) is 41.7 Å². The summed E-state index contributed by atoms with van der Waals surface area (Å²) < 4.78 is 11.0. The van der Waals surface area contributed by atoms with E-state index in [-0.39, 0.29) is 23.3 Å². The molecule has 2 aromatic heterocycles. The summed E-state index contributed by atoms with van der Waals surface area (Å²) >= 11 is 0. The van der Waals surface area contributed by atoms with Crippen molar-refractivity contribution >= 4 is 74.7 Å². The predicted molar refractivity (Wildman–Crippen MR) is 312 cm³/mol. The number of aromatic nitrogens is 2. The molecule has 79 heavy (non-hydrogen) atoms. The Balaban J connectivity index is 0.000000169. The minimum atomic E-state index is -0.466. The molecule has 5 aliphatic rings. The summed E-state index contributed by atoms with van der Waals surface area (Å²) in [6.07, 6.45) is 10.6. The smallest absolute Gasteiger partial charge is 0.306 e. The molecule has 0 aliphatic carbocycles. The maximum atomic E-state index is 12.2. The highest BCUT2D eigenvalue weighted by atomic mass is 16.6. The Morgan fingerprint density at radius 1 is 0.620 bits per heavy atom. The highest BCUT2D eigenvalue weighted by molar-refractivity contribution is 6.09. The minimum absolute atomic E-state index is 0.0794. The largest absolute Gasteiger partial charge is 0.460 e. The molecule has 0 saturated carbocycles. The van der Waals surface area contributed by atoms with Gasteiger partial charge in [0.05, 0.1) is 44.8 Å². The number of hydrogen-bond acceptors (Lipinski definition) is 14. The van der Waals surface area contributed by atoms with Crippen LogP contribution in [0.5, 0.6) is 0 Å². The molecule has 2 N–H and O–H groups in total. The number of piperidine rings is 2. The summed E-state index contributed by atoms with van der Waals surface area (Å²) in [5, 5.41) is 11.2. The molecular weight excluding hydrogens is 993 g/mol. The number of nitrogen functional groups attached to an aromatic ring is 1. The average Bonchev–Trinajstić information content (AvgIpc) is 4.35. The zero-order chi connectivity index (χ0) is 55.8. The van der Waals surface area contributed by atoms with Crippen molar-refractivity contribution in [3.8, 4) is 0 Å². The number of hydrogen-bond donors (Lipinski definition) is 1. The van der Waals surface area contributed by atoms with Crippen molar-refractivity contribution in [3.05, 3.63) is 177 Å². The molecule has 16 heteroatoms. The summed E-state index contributed by atoms with van der Waals surface area (Å²) in [6, 6.07) is 35.4. The third-order valence-electron chi connectivity index (χ3n) is 14.4. The van der Waals surface area contributed by atoms with Crippen LogP contribution in [-0.2, 0) is 38.3 Å². The molecule has 6 aromatic rings. The maximum Gasteiger partial charge on any atom is 0.306 e. The molecule has 7 heterocycles. The molecule has 0 atom stereocenters. The van der Waals surface area contributed by atoms with Crippen LogP contribution in [0.15, 0.2) is 137 Å². The van der Waals surface area contributed by atoms with Crippen molar-refractivity contribution in [1.29, 1.82) is 0 Å². The SMILES string of the molecule is CC(C)(C)OC(=O)CC1CCN(c2ccc3c(c2)CC(c2ccc(N)c([N+](=O)[O-])c2)=N3)CC1.CC(C)(C)OC(=O)CC1CCN(c2ccc3c(c2)CC(c2ccc4c(c2)CC(c2ccccn2)=N4)=N3)CC1.[C-]#[N+]c1ccccn1. The second-order valence-corrected chi connectivity index (χ2v) is 22.7. The van der Waals surface area contributed by atoms with Crippen molar-refractivity contribution in [1.82, 2.24) is 9.97 Å². The van der Waals surface area contributed by atoms with Gasteiger partial charge in [0.15, 0.2) is 0 Å². The van der Waals surface area contributed by atoms with Gasteiger partial charge in [-0.1, -0.05) is 30.8 Å². The van der Waals surface area contributed by atoms with E-state index in [2.05, 4.69) is 73.1 Å². The molecule has 0 spiro atoms. The van der Waals surface area contributed by atoms with Gasteiger partial charge in [-0.2, -0.15) is 0 Å². The number of anilines is 3. The summed E-state index contributed by atoms with van der Waals surface area (Å²) in [5.74, 6) is 0.997. The molecule has 4 aromatic carbocycles. The van der Waals surface area contributed by atoms with Gasteiger partial charge in [-0.15, -0.1) is 4.98 Å². The van der Waals surface area contributed by atoms with Crippen LogP contribution in [0.25, 0.3) is 4.85 Å². The average molecular weight is 1060 g/mol. The Morgan fingerprint density at radius 3 is 1.53 bits per heavy atom. The highest BCUT2D eigenvalue weighted by Crippen LogP contribution is 2.38. The Hall–Kier alpha value is -8.58. The minimum Gasteiger partial charge on any atom is -0.460 e. The number of carbonyl (C=O) groups is 2. The molecule has 11 rings (SSSR count). The number of nitro groups is 1. The Bertz CT molecular complexity index is 3360. The summed E-state index contributed by atoms with van der Waals surface area (Å²) in [7, 11) is 0. The van der Waals surface area contributed by atoms with E-state index in [9.17, 15) is 19.7 Å². The summed E-state index contributed by atoms with van der Waals surface area (Å²) in [4.78, 5) is 65.7. The van der Waals surface area contributed by atoms with E-state index in [1.165, 1.54) is 28.4 Å². The maximum absolute atomic E-state index is 12.2. The quantitative estimate of drug-likeness (QED) is 0.0451. The third-order valence-corrected chi connectivity index (χ3v) is 14.4. The summed E-state index contributed by atoms with van der Waals surface area (Å²) in [6.45, 7) is 21.7. The molecule has 5 aliphatic heterocycles. The van der Waals surface area contributed by atoms with E-state index in [1.54, 1.807) is 36.5 Å². The van der Waals surface area contributed by atoms with Crippen LogP contribution in [-0.4, -0.2) is 81.3 Å². The lowest BCUT2D eigenvalue weighted by Crippen LogP contribution is -2.35. The zero-order valence-electron chi connectivity index (χ0n) is 45.9. The van der Waals surface area contributed by atoms with Gasteiger partial charge in [0, 0.05) is 87.5 Å². The number of ether oxygens (including phenoxy) is 2. The van der Waals surface area contributed by atoms with Crippen molar-refractivity contribution < 1.29 is 24.0 Å². The lowest BCUT2D eigenvalue weighted by Gasteiger charge is -2.34. The molecule has 0 radical (unpaired) electrons. The van der Waals surface area contributed by atoms with E-state index in [1.807, 2.05) is 72.0 Å². The van der Waals surface area contributed by atoms with Crippen LogP contribution >= 0.6 is 0 Å². The van der Waals surface area contributed by atoms with E-state index >= 15 is 0 Å². The number of esters is 2. The third kappa shape index (κ3) is 14.5. The van der Waals surface area contributed by atoms with Crippen LogP contribution in [0.4, 0.5) is 45.6 Å². The molecule has 0 unspecified atom stereocenters. The van der Waals surface area contributed by atoms with Crippen molar-refractivity contribution in [2.45, 2.75) is 111 Å². The number of pyridine rings is 2.